The van der Waals surface area contributed by atoms with Gasteiger partial charge in [0.25, 0.3) is 0 Å². The smallest absolute Gasteiger partial charge is 0.238 e. The average molecular weight is 329 g/mol. The molecule has 0 saturated heterocycles. The maximum Gasteiger partial charge on any atom is 0.238 e. The van der Waals surface area contributed by atoms with E-state index in [1.165, 1.54) is 25.3 Å². The monoisotopic (exact) mass is 328 g/mol. The molecule has 0 aliphatic carbocycles. The Morgan fingerprint density at radius 2 is 2.05 bits per heavy atom. The fourth-order valence-corrected chi connectivity index (χ4v) is 2.42. The molecule has 0 fully saturated rings. The normalized spacial score (nSPS) is 11.2. The maximum atomic E-state index is 11.2. The number of ether oxygens (including phenoxy) is 2. The summed E-state index contributed by atoms with van der Waals surface area (Å²) in [5.74, 6) is 0.820. The number of rotatable bonds is 5. The number of hydrogen-bond donors (Lipinski definition) is 1. The Bertz CT molecular complexity index is 750. The van der Waals surface area contributed by atoms with Crippen molar-refractivity contribution in [2.24, 2.45) is 5.14 Å². The van der Waals surface area contributed by atoms with Crippen LogP contribution < -0.4 is 14.6 Å². The van der Waals surface area contributed by atoms with Crippen molar-refractivity contribution in [3.63, 3.8) is 0 Å². The van der Waals surface area contributed by atoms with Crippen LogP contribution in [0.15, 0.2) is 41.3 Å². The lowest BCUT2D eigenvalue weighted by molar-refractivity contribution is 0.298. The molecular weight excluding hydrogens is 316 g/mol. The Morgan fingerprint density at radius 1 is 1.29 bits per heavy atom. The van der Waals surface area contributed by atoms with Crippen LogP contribution in [0.5, 0.6) is 11.6 Å². The lowest BCUT2D eigenvalue weighted by Crippen LogP contribution is -2.12. The van der Waals surface area contributed by atoms with Crippen molar-refractivity contribution in [2.45, 2.75) is 11.5 Å². The van der Waals surface area contributed by atoms with Crippen LogP contribution in [-0.2, 0) is 16.6 Å². The summed E-state index contributed by atoms with van der Waals surface area (Å²) in [7, 11) is -2.26. The summed E-state index contributed by atoms with van der Waals surface area (Å²) in [6.07, 6.45) is 0. The number of halogens is 1. The fraction of sp³-hybridized carbons (Fsp3) is 0.154. The molecule has 0 atom stereocenters. The van der Waals surface area contributed by atoms with Crippen LogP contribution in [-0.4, -0.2) is 20.5 Å². The standard InChI is InChI=1S/C13H13ClN2O4S/c1-19-13-4-2-3-9(16-13)8-20-12-6-5-10(7-11(12)14)21(15,17)18/h2-7H,8H2,1H3,(H2,15,17,18). The van der Waals surface area contributed by atoms with Gasteiger partial charge >= 0.3 is 0 Å². The maximum absolute atomic E-state index is 11.2. The van der Waals surface area contributed by atoms with E-state index < -0.39 is 10.0 Å². The largest absolute Gasteiger partial charge is 0.486 e. The van der Waals surface area contributed by atoms with E-state index in [2.05, 4.69) is 4.98 Å². The molecular formula is C13H13ClN2O4S. The molecule has 6 nitrogen and oxygen atoms in total. The van der Waals surface area contributed by atoms with Crippen LogP contribution in [0.1, 0.15) is 5.69 Å². The number of nitrogens with two attached hydrogens (primary N) is 1. The molecule has 0 radical (unpaired) electrons. The highest BCUT2D eigenvalue weighted by molar-refractivity contribution is 7.89. The van der Waals surface area contributed by atoms with Gasteiger partial charge in [0.15, 0.2) is 0 Å². The molecule has 0 unspecified atom stereocenters. The minimum Gasteiger partial charge on any atom is -0.486 e. The van der Waals surface area contributed by atoms with Crippen LogP contribution in [0.4, 0.5) is 0 Å². The third-order valence-corrected chi connectivity index (χ3v) is 3.80. The first kappa shape index (κ1) is 15.6. The molecule has 0 saturated carbocycles. The van der Waals surface area contributed by atoms with E-state index in [0.29, 0.717) is 17.3 Å². The van der Waals surface area contributed by atoms with Crippen LogP contribution in [0.2, 0.25) is 5.02 Å². The minimum atomic E-state index is -3.79. The number of primary sulfonamides is 1. The Hall–Kier alpha value is -1.83. The molecule has 1 heterocycles. The fourth-order valence-electron chi connectivity index (χ4n) is 1.58. The SMILES string of the molecule is COc1cccc(COc2ccc(S(N)(=O)=O)cc2Cl)n1. The van der Waals surface area contributed by atoms with Crippen LogP contribution in [0, 0.1) is 0 Å². The zero-order valence-corrected chi connectivity index (χ0v) is 12.7. The topological polar surface area (TPSA) is 91.5 Å². The quantitative estimate of drug-likeness (QED) is 0.906. The number of aromatic nitrogens is 1. The molecule has 112 valence electrons. The molecule has 21 heavy (non-hydrogen) atoms. The Labute approximate surface area is 127 Å². The van der Waals surface area contributed by atoms with E-state index in [1.54, 1.807) is 18.2 Å². The summed E-state index contributed by atoms with van der Waals surface area (Å²) in [6.45, 7) is 0.172. The van der Waals surface area contributed by atoms with E-state index in [4.69, 9.17) is 26.2 Å². The van der Waals surface area contributed by atoms with Crippen LogP contribution in [0.25, 0.3) is 0 Å². The van der Waals surface area contributed by atoms with E-state index >= 15 is 0 Å². The van der Waals surface area contributed by atoms with Crippen molar-refractivity contribution in [1.29, 1.82) is 0 Å². The molecule has 1 aromatic carbocycles. The van der Waals surface area contributed by atoms with E-state index in [9.17, 15) is 8.42 Å². The number of sulfonamides is 1. The van der Waals surface area contributed by atoms with E-state index in [1.807, 2.05) is 0 Å². The van der Waals surface area contributed by atoms with Gasteiger partial charge in [-0.15, -0.1) is 0 Å². The Morgan fingerprint density at radius 3 is 2.67 bits per heavy atom. The van der Waals surface area contributed by atoms with Crippen molar-refractivity contribution in [1.82, 2.24) is 4.98 Å². The summed E-state index contributed by atoms with van der Waals surface area (Å²) in [4.78, 5) is 4.12. The molecule has 0 aliphatic heterocycles. The number of benzene rings is 1. The summed E-state index contributed by atoms with van der Waals surface area (Å²) in [6, 6.07) is 9.30. The van der Waals surface area contributed by atoms with Gasteiger partial charge in [0.1, 0.15) is 12.4 Å². The summed E-state index contributed by atoms with van der Waals surface area (Å²) in [5.41, 5.74) is 0.654. The Kier molecular flexibility index (Phi) is 4.66. The van der Waals surface area contributed by atoms with E-state index in [-0.39, 0.29) is 16.5 Å². The number of pyridine rings is 1. The molecule has 0 spiro atoms. The van der Waals surface area contributed by atoms with Crippen molar-refractivity contribution in [2.75, 3.05) is 7.11 Å². The van der Waals surface area contributed by atoms with Gasteiger partial charge in [-0.2, -0.15) is 0 Å². The molecule has 8 heteroatoms. The second-order valence-electron chi connectivity index (χ2n) is 4.10. The highest BCUT2D eigenvalue weighted by atomic mass is 35.5. The van der Waals surface area contributed by atoms with Gasteiger partial charge in [0.05, 0.1) is 22.7 Å². The van der Waals surface area contributed by atoms with Gasteiger partial charge < -0.3 is 9.47 Å². The lowest BCUT2D eigenvalue weighted by atomic mass is 10.3. The van der Waals surface area contributed by atoms with Gasteiger partial charge in [-0.1, -0.05) is 17.7 Å². The number of hydrogen-bond acceptors (Lipinski definition) is 5. The van der Waals surface area contributed by atoms with Gasteiger partial charge in [-0.3, -0.25) is 0 Å². The van der Waals surface area contributed by atoms with Gasteiger partial charge in [0.2, 0.25) is 15.9 Å². The van der Waals surface area contributed by atoms with Crippen molar-refractivity contribution in [3.05, 3.63) is 47.1 Å². The highest BCUT2D eigenvalue weighted by Crippen LogP contribution is 2.27. The summed E-state index contributed by atoms with van der Waals surface area (Å²) >= 11 is 5.97. The number of nitrogens with zero attached hydrogens (tertiary/aromatic N) is 1. The Balaban J connectivity index is 2.13. The van der Waals surface area contributed by atoms with Crippen LogP contribution in [0.3, 0.4) is 0 Å². The predicted octanol–water partition coefficient (Wildman–Crippen LogP) is 1.97. The second kappa shape index (κ2) is 6.30. The molecule has 0 bridgehead atoms. The molecule has 0 aliphatic rings. The molecule has 2 N–H and O–H groups in total. The van der Waals surface area contributed by atoms with Gasteiger partial charge in [-0.25, -0.2) is 18.5 Å². The third-order valence-electron chi connectivity index (χ3n) is 2.60. The van der Waals surface area contributed by atoms with Crippen molar-refractivity contribution >= 4 is 21.6 Å². The lowest BCUT2D eigenvalue weighted by Gasteiger charge is -2.09. The third kappa shape index (κ3) is 4.07. The van der Waals surface area contributed by atoms with Crippen LogP contribution >= 0.6 is 11.6 Å². The summed E-state index contributed by atoms with van der Waals surface area (Å²) in [5, 5.41) is 5.18. The first-order chi connectivity index (χ1) is 9.90. The minimum absolute atomic E-state index is 0.0700. The first-order valence-corrected chi connectivity index (χ1v) is 7.77. The molecule has 1 aromatic heterocycles. The van der Waals surface area contributed by atoms with E-state index in [0.717, 1.165) is 0 Å². The predicted molar refractivity (Wildman–Crippen MR) is 77.9 cm³/mol. The second-order valence-corrected chi connectivity index (χ2v) is 6.07. The highest BCUT2D eigenvalue weighted by Gasteiger charge is 2.11. The number of methoxy groups -OCH3 is 1. The average Bonchev–Trinajstić information content (AvgIpc) is 2.45. The molecule has 0 amide bonds. The molecule has 2 aromatic rings. The van der Waals surface area contributed by atoms with Crippen molar-refractivity contribution in [3.8, 4) is 11.6 Å². The van der Waals surface area contributed by atoms with Gasteiger partial charge in [0, 0.05) is 6.07 Å². The first-order valence-electron chi connectivity index (χ1n) is 5.85. The zero-order valence-electron chi connectivity index (χ0n) is 11.1. The molecule has 2 rings (SSSR count). The van der Waals surface area contributed by atoms with Crippen molar-refractivity contribution < 1.29 is 17.9 Å². The zero-order chi connectivity index (χ0) is 15.5. The summed E-state index contributed by atoms with van der Waals surface area (Å²) < 4.78 is 32.9. The van der Waals surface area contributed by atoms with Gasteiger partial charge in [-0.05, 0) is 24.3 Å².